The summed E-state index contributed by atoms with van der Waals surface area (Å²) in [6.45, 7) is 6.32. The molecule has 1 heterocycles. The zero-order valence-electron chi connectivity index (χ0n) is 9.40. The Bertz CT molecular complexity index is 328. The Labute approximate surface area is 95.1 Å². The van der Waals surface area contributed by atoms with E-state index in [-0.39, 0.29) is 11.4 Å². The summed E-state index contributed by atoms with van der Waals surface area (Å²) in [5, 5.41) is 10.5. The third-order valence-electron chi connectivity index (χ3n) is 2.30. The predicted molar refractivity (Wildman–Crippen MR) is 63.9 cm³/mol. The van der Waals surface area contributed by atoms with Crippen LogP contribution in [0.2, 0.25) is 0 Å². The van der Waals surface area contributed by atoms with Crippen molar-refractivity contribution in [2.45, 2.75) is 43.7 Å². The normalized spacial score (nSPS) is 15.0. The Balaban J connectivity index is 2.78. The third kappa shape index (κ3) is 3.48. The zero-order chi connectivity index (χ0) is 11.4. The fourth-order valence-electron chi connectivity index (χ4n) is 1.13. The van der Waals surface area contributed by atoms with Gasteiger partial charge in [-0.3, -0.25) is 0 Å². The van der Waals surface area contributed by atoms with Crippen LogP contribution in [0, 0.1) is 6.92 Å². The molecule has 0 aliphatic carbocycles. The molecule has 0 saturated carbocycles. The second kappa shape index (κ2) is 5.49. The van der Waals surface area contributed by atoms with Crippen LogP contribution in [-0.4, -0.2) is 21.4 Å². The van der Waals surface area contributed by atoms with Crippen molar-refractivity contribution in [2.75, 3.05) is 0 Å². The van der Waals surface area contributed by atoms with E-state index in [2.05, 4.69) is 4.98 Å². The molecule has 0 spiro atoms. The van der Waals surface area contributed by atoms with E-state index >= 15 is 0 Å². The molecule has 0 amide bonds. The molecule has 0 aliphatic rings. The highest BCUT2D eigenvalue weighted by molar-refractivity contribution is 7.99. The van der Waals surface area contributed by atoms with Crippen molar-refractivity contribution in [3.05, 3.63) is 23.4 Å². The van der Waals surface area contributed by atoms with Gasteiger partial charge in [0.15, 0.2) is 0 Å². The van der Waals surface area contributed by atoms with Crippen LogP contribution in [0.4, 0.5) is 0 Å². The number of pyridine rings is 1. The number of aliphatic hydroxyl groups excluding tert-OH is 1. The summed E-state index contributed by atoms with van der Waals surface area (Å²) < 4.78 is 0. The van der Waals surface area contributed by atoms with Crippen LogP contribution >= 0.6 is 11.8 Å². The summed E-state index contributed by atoms with van der Waals surface area (Å²) in [5.74, 6) is 0. The van der Waals surface area contributed by atoms with Gasteiger partial charge in [-0.25, -0.2) is 4.98 Å². The standard InChI is InChI=1S/C11H18N2OS/c1-7-4-10(5-12)6-13-11(7)15-9(3)8(2)14/h4,6,8-9,14H,5,12H2,1-3H3. The van der Waals surface area contributed by atoms with Gasteiger partial charge in [-0.1, -0.05) is 13.0 Å². The largest absolute Gasteiger partial charge is 0.392 e. The van der Waals surface area contributed by atoms with E-state index in [4.69, 9.17) is 5.73 Å². The van der Waals surface area contributed by atoms with Crippen molar-refractivity contribution < 1.29 is 5.11 Å². The first-order valence-electron chi connectivity index (χ1n) is 5.05. The molecule has 0 fully saturated rings. The summed E-state index contributed by atoms with van der Waals surface area (Å²) in [7, 11) is 0. The number of aromatic nitrogens is 1. The number of rotatable bonds is 4. The van der Waals surface area contributed by atoms with Crippen LogP contribution < -0.4 is 5.73 Å². The molecule has 3 nitrogen and oxygen atoms in total. The van der Waals surface area contributed by atoms with Crippen molar-refractivity contribution in [2.24, 2.45) is 5.73 Å². The van der Waals surface area contributed by atoms with Gasteiger partial charge >= 0.3 is 0 Å². The lowest BCUT2D eigenvalue weighted by Gasteiger charge is -2.14. The van der Waals surface area contributed by atoms with Crippen LogP contribution in [0.1, 0.15) is 25.0 Å². The average molecular weight is 226 g/mol. The molecule has 0 saturated heterocycles. The van der Waals surface area contributed by atoms with E-state index in [0.29, 0.717) is 6.54 Å². The number of aryl methyl sites for hydroxylation is 1. The molecule has 3 N–H and O–H groups in total. The summed E-state index contributed by atoms with van der Waals surface area (Å²) in [4.78, 5) is 4.34. The number of nitrogens with zero attached hydrogens (tertiary/aromatic N) is 1. The lowest BCUT2D eigenvalue weighted by molar-refractivity contribution is 0.196. The first-order chi connectivity index (χ1) is 7.04. The van der Waals surface area contributed by atoms with Gasteiger partial charge in [0.2, 0.25) is 0 Å². The maximum atomic E-state index is 9.41. The Hall–Kier alpha value is -0.580. The maximum Gasteiger partial charge on any atom is 0.0992 e. The minimum atomic E-state index is -0.328. The van der Waals surface area contributed by atoms with Crippen LogP contribution in [0.3, 0.4) is 0 Å². The van der Waals surface area contributed by atoms with E-state index < -0.39 is 0 Å². The summed E-state index contributed by atoms with van der Waals surface area (Å²) in [5.41, 5.74) is 7.70. The van der Waals surface area contributed by atoms with Gasteiger partial charge in [0.05, 0.1) is 11.1 Å². The minimum Gasteiger partial charge on any atom is -0.392 e. The van der Waals surface area contributed by atoms with E-state index in [1.807, 2.05) is 19.9 Å². The van der Waals surface area contributed by atoms with Crippen LogP contribution in [0.25, 0.3) is 0 Å². The van der Waals surface area contributed by atoms with Gasteiger partial charge in [-0.15, -0.1) is 11.8 Å². The van der Waals surface area contributed by atoms with E-state index in [9.17, 15) is 5.11 Å². The van der Waals surface area contributed by atoms with Crippen LogP contribution in [-0.2, 0) is 6.54 Å². The highest BCUT2D eigenvalue weighted by Crippen LogP contribution is 2.26. The fourth-order valence-corrected chi connectivity index (χ4v) is 2.04. The number of thioether (sulfide) groups is 1. The lowest BCUT2D eigenvalue weighted by Crippen LogP contribution is -2.15. The molecule has 2 unspecified atom stereocenters. The summed E-state index contributed by atoms with van der Waals surface area (Å²) in [6, 6.07) is 2.05. The maximum absolute atomic E-state index is 9.41. The van der Waals surface area contributed by atoms with Crippen molar-refractivity contribution in [1.82, 2.24) is 4.98 Å². The Morgan fingerprint density at radius 3 is 2.67 bits per heavy atom. The van der Waals surface area contributed by atoms with Gasteiger partial charge in [0.1, 0.15) is 0 Å². The van der Waals surface area contributed by atoms with Gasteiger partial charge in [-0.05, 0) is 25.0 Å². The minimum absolute atomic E-state index is 0.153. The zero-order valence-corrected chi connectivity index (χ0v) is 10.2. The van der Waals surface area contributed by atoms with Crippen molar-refractivity contribution in [3.8, 4) is 0 Å². The van der Waals surface area contributed by atoms with Crippen molar-refractivity contribution >= 4 is 11.8 Å². The molecule has 0 aromatic carbocycles. The molecule has 4 heteroatoms. The predicted octanol–water partition coefficient (Wildman–Crippen LogP) is 1.71. The smallest absolute Gasteiger partial charge is 0.0992 e. The van der Waals surface area contributed by atoms with Crippen molar-refractivity contribution in [1.29, 1.82) is 0 Å². The number of hydrogen-bond acceptors (Lipinski definition) is 4. The van der Waals surface area contributed by atoms with Gasteiger partial charge < -0.3 is 10.8 Å². The molecule has 2 atom stereocenters. The topological polar surface area (TPSA) is 59.1 Å². The van der Waals surface area contributed by atoms with Gasteiger partial charge in [-0.2, -0.15) is 0 Å². The van der Waals surface area contributed by atoms with E-state index in [0.717, 1.165) is 16.2 Å². The van der Waals surface area contributed by atoms with Crippen LogP contribution in [0.15, 0.2) is 17.3 Å². The Kier molecular flexibility index (Phi) is 4.57. The molecule has 1 rings (SSSR count). The van der Waals surface area contributed by atoms with E-state index in [1.165, 1.54) is 0 Å². The fraction of sp³-hybridized carbons (Fsp3) is 0.545. The molecule has 15 heavy (non-hydrogen) atoms. The average Bonchev–Trinajstić information content (AvgIpc) is 2.20. The highest BCUT2D eigenvalue weighted by Gasteiger charge is 2.12. The highest BCUT2D eigenvalue weighted by atomic mass is 32.2. The third-order valence-corrected chi connectivity index (χ3v) is 3.72. The molecule has 1 aromatic rings. The second-order valence-corrected chi connectivity index (χ2v) is 5.10. The molecule has 1 aromatic heterocycles. The first kappa shape index (κ1) is 12.5. The van der Waals surface area contributed by atoms with Gasteiger partial charge in [0.25, 0.3) is 0 Å². The SMILES string of the molecule is Cc1cc(CN)cnc1SC(C)C(C)O. The monoisotopic (exact) mass is 226 g/mol. The second-order valence-electron chi connectivity index (χ2n) is 3.73. The first-order valence-corrected chi connectivity index (χ1v) is 5.93. The van der Waals surface area contributed by atoms with Gasteiger partial charge in [0, 0.05) is 18.0 Å². The molecule has 0 radical (unpaired) electrons. The van der Waals surface area contributed by atoms with Crippen LogP contribution in [0.5, 0.6) is 0 Å². The van der Waals surface area contributed by atoms with Crippen molar-refractivity contribution in [3.63, 3.8) is 0 Å². The van der Waals surface area contributed by atoms with E-state index in [1.54, 1.807) is 24.9 Å². The number of hydrogen-bond donors (Lipinski definition) is 2. The molecular formula is C11H18N2OS. The summed E-state index contributed by atoms with van der Waals surface area (Å²) in [6.07, 6.45) is 1.47. The molecule has 84 valence electrons. The Morgan fingerprint density at radius 2 is 2.20 bits per heavy atom. The molecule has 0 bridgehead atoms. The molecular weight excluding hydrogens is 208 g/mol. The lowest BCUT2D eigenvalue weighted by atomic mass is 10.2. The number of aliphatic hydroxyl groups is 1. The summed E-state index contributed by atoms with van der Waals surface area (Å²) >= 11 is 1.60. The quantitative estimate of drug-likeness (QED) is 0.767. The number of nitrogens with two attached hydrogens (primary N) is 1. The molecule has 0 aliphatic heterocycles. The Morgan fingerprint density at radius 1 is 1.53 bits per heavy atom.